The Hall–Kier alpha value is -3.50. The van der Waals surface area contributed by atoms with E-state index in [2.05, 4.69) is 20.8 Å². The number of cyclic esters (lactones) is 1. The third-order valence-corrected chi connectivity index (χ3v) is 10.9. The van der Waals surface area contributed by atoms with Crippen LogP contribution >= 0.6 is 0 Å². The minimum absolute atomic E-state index is 0.0843. The molecule has 5 rings (SSSR count). The van der Waals surface area contributed by atoms with E-state index in [1.54, 1.807) is 18.0 Å². The van der Waals surface area contributed by atoms with Crippen molar-refractivity contribution in [1.82, 2.24) is 14.7 Å². The molecule has 10 heteroatoms. The van der Waals surface area contributed by atoms with E-state index in [0.717, 1.165) is 5.56 Å². The summed E-state index contributed by atoms with van der Waals surface area (Å²) in [4.78, 5) is 62.7. The first kappa shape index (κ1) is 36.8. The maximum absolute atomic E-state index is 15.0. The molecule has 4 aliphatic rings. The lowest BCUT2D eigenvalue weighted by molar-refractivity contribution is -0.165. The topological polar surface area (TPSA) is 117 Å². The molecule has 1 aromatic rings. The van der Waals surface area contributed by atoms with E-state index in [9.17, 15) is 19.5 Å². The molecule has 0 unspecified atom stereocenters. The van der Waals surface area contributed by atoms with Crippen molar-refractivity contribution in [3.05, 3.63) is 60.2 Å². The van der Waals surface area contributed by atoms with Crippen molar-refractivity contribution in [2.45, 2.75) is 116 Å². The van der Waals surface area contributed by atoms with Gasteiger partial charge in [0.05, 0.1) is 30.7 Å². The van der Waals surface area contributed by atoms with Crippen LogP contribution in [0.4, 0.5) is 0 Å². The number of aliphatic hydroxyl groups is 1. The third-order valence-electron chi connectivity index (χ3n) is 10.9. The molecule has 1 aromatic carbocycles. The Morgan fingerprint density at radius 1 is 1.00 bits per heavy atom. The number of benzene rings is 1. The normalized spacial score (nSPS) is 32.6. The number of hydrogen-bond acceptors (Lipinski definition) is 7. The quantitative estimate of drug-likeness (QED) is 0.344. The van der Waals surface area contributed by atoms with E-state index >= 15 is 4.79 Å². The summed E-state index contributed by atoms with van der Waals surface area (Å²) in [5.74, 6) is -3.73. The smallest absolute Gasteiger partial charge is 0.313 e. The lowest BCUT2D eigenvalue weighted by atomic mass is 9.77. The highest BCUT2D eigenvalue weighted by Crippen LogP contribution is 2.55. The van der Waals surface area contributed by atoms with E-state index in [1.165, 1.54) is 4.90 Å². The van der Waals surface area contributed by atoms with Crippen molar-refractivity contribution in [1.29, 1.82) is 0 Å². The Morgan fingerprint density at radius 2 is 1.67 bits per heavy atom. The lowest BCUT2D eigenvalue weighted by Gasteiger charge is -2.45. The number of likely N-dealkylation sites (N-methyl/N-ethyl adjacent to an activating group) is 1. The SMILES string of the molecule is CC(C)[C@H](CO)N1C(=O)[C@@H]2[C@H]3C(=O)O[C@H](c4ccccc4)[C@@H](C)N(C)C(=O)CC/C=C\[C@H]3O[C@@]23C=CCN(C(C)(C)CC(C)(C)C)C(=O)[C@@H]13. The molecule has 1 N–H and O–H groups in total. The molecule has 268 valence electrons. The van der Waals surface area contributed by atoms with Gasteiger partial charge in [-0.05, 0) is 50.5 Å². The molecule has 2 fully saturated rings. The van der Waals surface area contributed by atoms with Crippen LogP contribution in [0.5, 0.6) is 0 Å². The molecule has 10 nitrogen and oxygen atoms in total. The summed E-state index contributed by atoms with van der Waals surface area (Å²) < 4.78 is 13.3. The Labute approximate surface area is 291 Å². The van der Waals surface area contributed by atoms with E-state index in [4.69, 9.17) is 9.47 Å². The molecular weight excluding hydrogens is 622 g/mol. The number of ether oxygens (including phenoxy) is 2. The van der Waals surface area contributed by atoms with Gasteiger partial charge in [0, 0.05) is 25.6 Å². The predicted octanol–water partition coefficient (Wildman–Crippen LogP) is 4.68. The monoisotopic (exact) mass is 677 g/mol. The molecule has 4 heterocycles. The number of nitrogens with zero attached hydrogens (tertiary/aromatic N) is 3. The van der Waals surface area contributed by atoms with E-state index in [-0.39, 0.29) is 36.2 Å². The van der Waals surface area contributed by atoms with Gasteiger partial charge in [0.15, 0.2) is 0 Å². The second-order valence-corrected chi connectivity index (χ2v) is 16.5. The average Bonchev–Trinajstić information content (AvgIpc) is 3.40. The summed E-state index contributed by atoms with van der Waals surface area (Å²) in [6.45, 7) is 16.1. The highest BCUT2D eigenvalue weighted by atomic mass is 16.6. The second-order valence-electron chi connectivity index (χ2n) is 16.5. The van der Waals surface area contributed by atoms with Crippen molar-refractivity contribution in [3.8, 4) is 0 Å². The van der Waals surface area contributed by atoms with Crippen LogP contribution in [0.1, 0.15) is 86.3 Å². The Morgan fingerprint density at radius 3 is 2.29 bits per heavy atom. The molecule has 0 aromatic heterocycles. The minimum atomic E-state index is -1.48. The van der Waals surface area contributed by atoms with Gasteiger partial charge >= 0.3 is 5.97 Å². The van der Waals surface area contributed by atoms with Gasteiger partial charge in [0.2, 0.25) is 17.7 Å². The Kier molecular flexibility index (Phi) is 10.3. The predicted molar refractivity (Wildman–Crippen MR) is 186 cm³/mol. The number of amides is 3. The highest BCUT2D eigenvalue weighted by molar-refractivity contribution is 5.99. The molecule has 0 bridgehead atoms. The van der Waals surface area contributed by atoms with Crippen molar-refractivity contribution < 1.29 is 33.8 Å². The van der Waals surface area contributed by atoms with Crippen LogP contribution in [0.3, 0.4) is 0 Å². The average molecular weight is 678 g/mol. The number of likely N-dealkylation sites (tertiary alicyclic amines) is 1. The molecule has 49 heavy (non-hydrogen) atoms. The first-order chi connectivity index (χ1) is 22.9. The summed E-state index contributed by atoms with van der Waals surface area (Å²) >= 11 is 0. The van der Waals surface area contributed by atoms with Gasteiger partial charge < -0.3 is 29.3 Å². The summed E-state index contributed by atoms with van der Waals surface area (Å²) in [7, 11) is 1.71. The molecule has 3 amide bonds. The van der Waals surface area contributed by atoms with Crippen molar-refractivity contribution in [3.63, 3.8) is 0 Å². The molecule has 0 aliphatic carbocycles. The van der Waals surface area contributed by atoms with Crippen LogP contribution in [0.25, 0.3) is 0 Å². The van der Waals surface area contributed by atoms with Crippen LogP contribution < -0.4 is 0 Å². The van der Waals surface area contributed by atoms with E-state index < -0.39 is 65.2 Å². The molecule has 0 radical (unpaired) electrons. The number of allylic oxidation sites excluding steroid dienone is 1. The number of rotatable bonds is 6. The van der Waals surface area contributed by atoms with Gasteiger partial charge in [-0.15, -0.1) is 0 Å². The molecule has 4 aliphatic heterocycles. The molecule has 8 atom stereocenters. The fraction of sp³-hybridized carbons (Fsp3) is 0.641. The Bertz CT molecular complexity index is 1480. The van der Waals surface area contributed by atoms with Gasteiger partial charge in [-0.1, -0.05) is 89.3 Å². The zero-order valence-corrected chi connectivity index (χ0v) is 30.6. The van der Waals surface area contributed by atoms with Crippen molar-refractivity contribution >= 4 is 23.7 Å². The fourth-order valence-corrected chi connectivity index (χ4v) is 8.74. The summed E-state index contributed by atoms with van der Waals surface area (Å²) in [6, 6.07) is 7.00. The van der Waals surface area contributed by atoms with E-state index in [0.29, 0.717) is 19.4 Å². The standard InChI is InChI=1S/C39H55N3O7/c1-24(2)27(22-43)42-33-35(46)41(38(7,8)23-37(4,5)6)21-15-20-39(33)31(34(42)45)30-28(49-39)18-13-14-19-29(44)40(9)25(3)32(48-36(30)47)26-16-11-10-12-17-26/h10-13,15-18,20,24-25,27-28,30-33,43H,14,19,21-23H2,1-9H3/b18-13-/t25-,27+,28-,30+,31+,32+,33-,39+/m1/s1. The van der Waals surface area contributed by atoms with Crippen molar-refractivity contribution in [2.24, 2.45) is 23.2 Å². The Balaban J connectivity index is 1.65. The summed E-state index contributed by atoms with van der Waals surface area (Å²) in [5.41, 5.74) is -1.42. The van der Waals surface area contributed by atoms with Gasteiger partial charge in [-0.2, -0.15) is 0 Å². The van der Waals surface area contributed by atoms with Gasteiger partial charge in [-0.25, -0.2) is 0 Å². The zero-order chi connectivity index (χ0) is 36.1. The number of aliphatic hydroxyl groups excluding tert-OH is 1. The minimum Gasteiger partial charge on any atom is -0.455 e. The first-order valence-corrected chi connectivity index (χ1v) is 17.7. The van der Waals surface area contributed by atoms with Crippen molar-refractivity contribution in [2.75, 3.05) is 20.2 Å². The van der Waals surface area contributed by atoms with Crippen LogP contribution in [-0.2, 0) is 28.7 Å². The molecule has 1 spiro atoms. The van der Waals surface area contributed by atoms with Gasteiger partial charge in [0.25, 0.3) is 0 Å². The number of fused-ring (bicyclic) bond motifs is 2. The second kappa shape index (κ2) is 13.7. The number of esters is 1. The molecular formula is C39H55N3O7. The summed E-state index contributed by atoms with van der Waals surface area (Å²) in [6.07, 6.45) is 6.95. The number of carbonyl (C=O) groups excluding carboxylic acids is 4. The van der Waals surface area contributed by atoms with Gasteiger partial charge in [-0.3, -0.25) is 19.2 Å². The highest BCUT2D eigenvalue weighted by Gasteiger charge is 2.73. The first-order valence-electron chi connectivity index (χ1n) is 17.7. The van der Waals surface area contributed by atoms with Crippen LogP contribution in [0, 0.1) is 23.2 Å². The van der Waals surface area contributed by atoms with Crippen LogP contribution in [0.2, 0.25) is 0 Å². The van der Waals surface area contributed by atoms with Crippen LogP contribution in [-0.4, -0.2) is 99.1 Å². The largest absolute Gasteiger partial charge is 0.455 e. The number of hydrogen-bond donors (Lipinski definition) is 1. The molecule has 2 saturated heterocycles. The van der Waals surface area contributed by atoms with Gasteiger partial charge in [0.1, 0.15) is 23.7 Å². The fourth-order valence-electron chi connectivity index (χ4n) is 8.74. The third kappa shape index (κ3) is 6.70. The van der Waals surface area contributed by atoms with Crippen LogP contribution in [0.15, 0.2) is 54.6 Å². The summed E-state index contributed by atoms with van der Waals surface area (Å²) in [5, 5.41) is 10.7. The maximum atomic E-state index is 15.0. The van der Waals surface area contributed by atoms with E-state index in [1.807, 2.05) is 88.1 Å². The zero-order valence-electron chi connectivity index (χ0n) is 30.6. The molecule has 0 saturated carbocycles. The lowest BCUT2D eigenvalue weighted by Crippen LogP contribution is -2.62. The number of carbonyl (C=O) groups is 4. The maximum Gasteiger partial charge on any atom is 0.313 e.